The van der Waals surface area contributed by atoms with E-state index in [1.54, 1.807) is 19.4 Å². The lowest BCUT2D eigenvalue weighted by Crippen LogP contribution is -2.37. The van der Waals surface area contributed by atoms with Gasteiger partial charge in [-0.3, -0.25) is 9.59 Å². The zero-order valence-corrected chi connectivity index (χ0v) is 14.3. The zero-order chi connectivity index (χ0) is 17.4. The van der Waals surface area contributed by atoms with Crippen LogP contribution >= 0.6 is 0 Å². The van der Waals surface area contributed by atoms with Gasteiger partial charge in [0.1, 0.15) is 0 Å². The lowest BCUT2D eigenvalue weighted by Gasteiger charge is -2.25. The van der Waals surface area contributed by atoms with Crippen molar-refractivity contribution in [3.63, 3.8) is 0 Å². The van der Waals surface area contributed by atoms with Gasteiger partial charge in [0, 0.05) is 38.4 Å². The van der Waals surface area contributed by atoms with E-state index in [4.69, 9.17) is 5.26 Å². The SMILES string of the molecule is Cc1cn(C)c(=O)c2c(C(=O)NC3CCC(C#N)CC3)cn(C)c12. The van der Waals surface area contributed by atoms with Gasteiger partial charge in [-0.05, 0) is 38.2 Å². The lowest BCUT2D eigenvalue weighted by atomic mass is 9.87. The molecule has 3 rings (SSSR count). The van der Waals surface area contributed by atoms with Crippen LogP contribution in [-0.2, 0) is 14.1 Å². The molecule has 6 heteroatoms. The third kappa shape index (κ3) is 2.71. The van der Waals surface area contributed by atoms with E-state index < -0.39 is 0 Å². The standard InChI is InChI=1S/C18H22N4O2/c1-11-9-22(3)18(24)15-14(10-21(2)16(11)15)17(23)20-13-6-4-12(8-19)5-7-13/h9-10,12-13H,4-7H2,1-3H3,(H,20,23). The molecule has 2 heterocycles. The van der Waals surface area contributed by atoms with Crippen molar-refractivity contribution in [1.82, 2.24) is 14.5 Å². The normalized spacial score (nSPS) is 20.8. The highest BCUT2D eigenvalue weighted by atomic mass is 16.2. The first kappa shape index (κ1) is 16.3. The molecule has 0 atom stereocenters. The lowest BCUT2D eigenvalue weighted by molar-refractivity contribution is 0.0926. The van der Waals surface area contributed by atoms with Gasteiger partial charge in [0.2, 0.25) is 0 Å². The van der Waals surface area contributed by atoms with Gasteiger partial charge >= 0.3 is 0 Å². The van der Waals surface area contributed by atoms with E-state index in [2.05, 4.69) is 11.4 Å². The average Bonchev–Trinajstić information content (AvgIpc) is 2.91. The summed E-state index contributed by atoms with van der Waals surface area (Å²) < 4.78 is 3.36. The summed E-state index contributed by atoms with van der Waals surface area (Å²) in [6, 6.07) is 2.37. The third-order valence-corrected chi connectivity index (χ3v) is 4.97. The minimum Gasteiger partial charge on any atom is -0.349 e. The fraction of sp³-hybridized carbons (Fsp3) is 0.500. The molecule has 0 spiro atoms. The molecule has 1 amide bonds. The maximum Gasteiger partial charge on any atom is 0.260 e. The predicted molar refractivity (Wildman–Crippen MR) is 91.7 cm³/mol. The van der Waals surface area contributed by atoms with Crippen molar-refractivity contribution in [1.29, 1.82) is 5.26 Å². The van der Waals surface area contributed by atoms with Gasteiger partial charge in [-0.2, -0.15) is 5.26 Å². The number of hydrogen-bond acceptors (Lipinski definition) is 3. The molecule has 2 aromatic heterocycles. The summed E-state index contributed by atoms with van der Waals surface area (Å²) in [4.78, 5) is 25.3. The van der Waals surface area contributed by atoms with Crippen LogP contribution in [0.3, 0.4) is 0 Å². The zero-order valence-electron chi connectivity index (χ0n) is 14.3. The van der Waals surface area contributed by atoms with E-state index in [0.717, 1.165) is 36.8 Å². The van der Waals surface area contributed by atoms with Crippen molar-refractivity contribution in [3.8, 4) is 6.07 Å². The quantitative estimate of drug-likeness (QED) is 0.916. The van der Waals surface area contributed by atoms with Gasteiger partial charge in [-0.15, -0.1) is 0 Å². The van der Waals surface area contributed by atoms with Crippen molar-refractivity contribution >= 4 is 16.8 Å². The summed E-state index contributed by atoms with van der Waals surface area (Å²) in [5.41, 5.74) is 2.04. The second kappa shape index (κ2) is 6.16. The van der Waals surface area contributed by atoms with Gasteiger partial charge in [0.05, 0.1) is 22.5 Å². The number of nitrogens with one attached hydrogen (secondary N) is 1. The Kier molecular flexibility index (Phi) is 4.18. The van der Waals surface area contributed by atoms with E-state index >= 15 is 0 Å². The number of rotatable bonds is 2. The molecular formula is C18H22N4O2. The first-order chi connectivity index (χ1) is 11.4. The molecule has 2 aromatic rings. The Morgan fingerprint density at radius 2 is 1.88 bits per heavy atom. The van der Waals surface area contributed by atoms with Gasteiger partial charge in [-0.1, -0.05) is 0 Å². The highest BCUT2D eigenvalue weighted by Crippen LogP contribution is 2.25. The first-order valence-electron chi connectivity index (χ1n) is 8.28. The smallest absolute Gasteiger partial charge is 0.260 e. The fourth-order valence-electron chi connectivity index (χ4n) is 3.71. The fourth-order valence-corrected chi connectivity index (χ4v) is 3.71. The van der Waals surface area contributed by atoms with Crippen LogP contribution in [0.4, 0.5) is 0 Å². The Morgan fingerprint density at radius 3 is 2.50 bits per heavy atom. The van der Waals surface area contributed by atoms with Crippen LogP contribution in [0.2, 0.25) is 0 Å². The van der Waals surface area contributed by atoms with E-state index in [1.165, 1.54) is 4.57 Å². The first-order valence-corrected chi connectivity index (χ1v) is 8.28. The van der Waals surface area contributed by atoms with Crippen molar-refractivity contribution < 1.29 is 4.79 Å². The summed E-state index contributed by atoms with van der Waals surface area (Å²) in [6.07, 6.45) is 6.78. The van der Waals surface area contributed by atoms with Crippen molar-refractivity contribution in [2.45, 2.75) is 38.6 Å². The summed E-state index contributed by atoms with van der Waals surface area (Å²) in [5.74, 6) is -0.102. The summed E-state index contributed by atoms with van der Waals surface area (Å²) >= 11 is 0. The maximum atomic E-state index is 12.7. The number of nitriles is 1. The maximum absolute atomic E-state index is 12.7. The molecule has 1 aliphatic rings. The second-order valence-corrected chi connectivity index (χ2v) is 6.76. The van der Waals surface area contributed by atoms with Crippen molar-refractivity contribution in [2.75, 3.05) is 0 Å². The van der Waals surface area contributed by atoms with Crippen molar-refractivity contribution in [3.05, 3.63) is 33.9 Å². The van der Waals surface area contributed by atoms with Gasteiger partial charge in [0.25, 0.3) is 11.5 Å². The summed E-state index contributed by atoms with van der Waals surface area (Å²) in [7, 11) is 3.55. The molecule has 1 N–H and O–H groups in total. The molecule has 0 bridgehead atoms. The number of aryl methyl sites for hydroxylation is 3. The van der Waals surface area contributed by atoms with Crippen LogP contribution < -0.4 is 10.9 Å². The molecule has 1 saturated carbocycles. The number of amides is 1. The van der Waals surface area contributed by atoms with Crippen LogP contribution in [0.1, 0.15) is 41.6 Å². The highest BCUT2D eigenvalue weighted by molar-refractivity contribution is 6.07. The van der Waals surface area contributed by atoms with E-state index in [9.17, 15) is 9.59 Å². The minimum absolute atomic E-state index is 0.0750. The highest BCUT2D eigenvalue weighted by Gasteiger charge is 2.25. The van der Waals surface area contributed by atoms with Crippen LogP contribution in [-0.4, -0.2) is 21.1 Å². The molecule has 126 valence electrons. The second-order valence-electron chi connectivity index (χ2n) is 6.76. The third-order valence-electron chi connectivity index (χ3n) is 4.97. The van der Waals surface area contributed by atoms with E-state index in [-0.39, 0.29) is 23.4 Å². The molecule has 0 saturated heterocycles. The number of nitrogens with zero attached hydrogens (tertiary/aromatic N) is 3. The monoisotopic (exact) mass is 326 g/mol. The Labute approximate surface area is 140 Å². The molecule has 1 aliphatic carbocycles. The molecule has 0 aromatic carbocycles. The van der Waals surface area contributed by atoms with Crippen LogP contribution in [0, 0.1) is 24.2 Å². The molecular weight excluding hydrogens is 304 g/mol. The minimum atomic E-state index is -0.205. The number of carbonyl (C=O) groups is 1. The number of pyridine rings is 1. The Morgan fingerprint density at radius 1 is 1.21 bits per heavy atom. The van der Waals surface area contributed by atoms with Gasteiger partial charge in [-0.25, -0.2) is 0 Å². The van der Waals surface area contributed by atoms with Gasteiger partial charge < -0.3 is 14.5 Å². The van der Waals surface area contributed by atoms with E-state index in [0.29, 0.717) is 10.9 Å². The van der Waals surface area contributed by atoms with Crippen LogP contribution in [0.15, 0.2) is 17.2 Å². The molecule has 6 nitrogen and oxygen atoms in total. The topological polar surface area (TPSA) is 79.8 Å². The van der Waals surface area contributed by atoms with Crippen LogP contribution in [0.25, 0.3) is 10.9 Å². The number of aromatic nitrogens is 2. The molecule has 1 fully saturated rings. The molecule has 0 aliphatic heterocycles. The Balaban J connectivity index is 1.91. The van der Waals surface area contributed by atoms with Crippen LogP contribution in [0.5, 0.6) is 0 Å². The number of fused-ring (bicyclic) bond motifs is 1. The Hall–Kier alpha value is -2.55. The van der Waals surface area contributed by atoms with Crippen molar-refractivity contribution in [2.24, 2.45) is 20.0 Å². The number of hydrogen-bond donors (Lipinski definition) is 1. The molecule has 0 radical (unpaired) electrons. The number of carbonyl (C=O) groups excluding carboxylic acids is 1. The average molecular weight is 326 g/mol. The Bertz CT molecular complexity index is 892. The summed E-state index contributed by atoms with van der Waals surface area (Å²) in [5, 5.41) is 12.5. The largest absolute Gasteiger partial charge is 0.349 e. The van der Waals surface area contributed by atoms with Gasteiger partial charge in [0.15, 0.2) is 0 Å². The predicted octanol–water partition coefficient (Wildman–Crippen LogP) is 2.00. The van der Waals surface area contributed by atoms with E-state index in [1.807, 2.05) is 18.5 Å². The summed E-state index contributed by atoms with van der Waals surface area (Å²) in [6.45, 7) is 1.94. The molecule has 24 heavy (non-hydrogen) atoms. The molecule has 0 unspecified atom stereocenters.